The average Bonchev–Trinajstić information content (AvgIpc) is 2.29. The fraction of sp³-hybridized carbons (Fsp3) is 0.222. The van der Waals surface area contributed by atoms with Crippen LogP contribution in [0.1, 0.15) is 26.7 Å². The predicted octanol–water partition coefficient (Wildman–Crippen LogP) is 5.45. The van der Waals surface area contributed by atoms with Gasteiger partial charge >= 0.3 is 0 Å². The van der Waals surface area contributed by atoms with E-state index in [9.17, 15) is 0 Å². The van der Waals surface area contributed by atoms with Gasteiger partial charge in [0.25, 0.3) is 0 Å². The zero-order valence-electron chi connectivity index (χ0n) is 11.4. The molecule has 1 aliphatic carbocycles. The van der Waals surface area contributed by atoms with Gasteiger partial charge in [0.05, 0.1) is 0 Å². The largest absolute Gasteiger partial charge is 0.0958 e. The number of hydrogen-bond donors (Lipinski definition) is 0. The molecule has 0 bridgehead atoms. The Kier molecular flexibility index (Phi) is 5.93. The Morgan fingerprint density at radius 1 is 0.889 bits per heavy atom. The van der Waals surface area contributed by atoms with Gasteiger partial charge in [0.1, 0.15) is 0 Å². The molecule has 0 heteroatoms. The second kappa shape index (κ2) is 7.50. The summed E-state index contributed by atoms with van der Waals surface area (Å²) in [7, 11) is 0. The van der Waals surface area contributed by atoms with Crippen LogP contribution in [0.5, 0.6) is 0 Å². The van der Waals surface area contributed by atoms with Gasteiger partial charge in [-0.1, -0.05) is 78.5 Å². The fourth-order valence-corrected chi connectivity index (χ4v) is 1.75. The van der Waals surface area contributed by atoms with E-state index < -0.39 is 0 Å². The number of rotatable bonds is 0. The highest BCUT2D eigenvalue weighted by atomic mass is 14.0. The van der Waals surface area contributed by atoms with Crippen molar-refractivity contribution in [2.75, 3.05) is 0 Å². The van der Waals surface area contributed by atoms with Crippen LogP contribution in [0.25, 0.3) is 0 Å². The molecule has 0 aromatic heterocycles. The van der Waals surface area contributed by atoms with Crippen LogP contribution < -0.4 is 0 Å². The van der Waals surface area contributed by atoms with E-state index in [4.69, 9.17) is 0 Å². The summed E-state index contributed by atoms with van der Waals surface area (Å²) in [6.45, 7) is 12.3. The monoisotopic (exact) mass is 238 g/mol. The minimum atomic E-state index is 0.994. The lowest BCUT2D eigenvalue weighted by molar-refractivity contribution is 1.01. The molecule has 0 saturated heterocycles. The molecule has 0 saturated carbocycles. The van der Waals surface area contributed by atoms with Crippen molar-refractivity contribution < 1.29 is 0 Å². The summed E-state index contributed by atoms with van der Waals surface area (Å²) in [6, 6.07) is 0. The number of allylic oxidation sites excluding steroid dienone is 12. The van der Waals surface area contributed by atoms with Crippen LogP contribution in [-0.4, -0.2) is 0 Å². The first-order valence-corrected chi connectivity index (χ1v) is 6.32. The lowest BCUT2D eigenvalue weighted by Gasteiger charge is -1.99. The lowest BCUT2D eigenvalue weighted by Crippen LogP contribution is -1.79. The minimum Gasteiger partial charge on any atom is -0.0958 e. The van der Waals surface area contributed by atoms with Crippen LogP contribution in [-0.2, 0) is 0 Å². The standard InChI is InChI=1S/C18H22/c1-15-9-5-6-11-17(3)14-18(4)12-8-7-10-16(2)13-15/h5,7-10,12-14H,1,3,6,11H2,2,4H3/b9-5-,10-7-,12-8-,16-13+,18-14+. The van der Waals surface area contributed by atoms with Gasteiger partial charge in [-0.3, -0.25) is 0 Å². The van der Waals surface area contributed by atoms with E-state index >= 15 is 0 Å². The van der Waals surface area contributed by atoms with E-state index in [1.54, 1.807) is 0 Å². The molecule has 0 unspecified atom stereocenters. The smallest absolute Gasteiger partial charge is 0.0250 e. The first-order valence-electron chi connectivity index (χ1n) is 6.32. The molecule has 1 aliphatic rings. The van der Waals surface area contributed by atoms with E-state index in [-0.39, 0.29) is 0 Å². The average molecular weight is 238 g/mol. The van der Waals surface area contributed by atoms with Gasteiger partial charge in [-0.2, -0.15) is 0 Å². The molecule has 0 aromatic rings. The Morgan fingerprint density at radius 3 is 2.17 bits per heavy atom. The highest BCUT2D eigenvalue weighted by Gasteiger charge is 1.91. The summed E-state index contributed by atoms with van der Waals surface area (Å²) in [4.78, 5) is 0. The van der Waals surface area contributed by atoms with E-state index in [0.29, 0.717) is 0 Å². The van der Waals surface area contributed by atoms with E-state index in [1.165, 1.54) is 16.7 Å². The molecular weight excluding hydrogens is 216 g/mol. The van der Waals surface area contributed by atoms with Gasteiger partial charge in [-0.15, -0.1) is 0 Å². The summed E-state index contributed by atoms with van der Waals surface area (Å²) in [5.41, 5.74) is 4.64. The maximum absolute atomic E-state index is 4.07. The Hall–Kier alpha value is -1.82. The molecule has 0 amide bonds. The van der Waals surface area contributed by atoms with Crippen molar-refractivity contribution in [1.82, 2.24) is 0 Å². The van der Waals surface area contributed by atoms with Crippen molar-refractivity contribution in [3.05, 3.63) is 84.1 Å². The quantitative estimate of drug-likeness (QED) is 0.526. The van der Waals surface area contributed by atoms with Gasteiger partial charge in [0, 0.05) is 0 Å². The molecule has 94 valence electrons. The van der Waals surface area contributed by atoms with Crippen molar-refractivity contribution in [2.24, 2.45) is 0 Å². The van der Waals surface area contributed by atoms with E-state index in [1.807, 2.05) is 0 Å². The molecule has 0 atom stereocenters. The zero-order chi connectivity index (χ0) is 13.4. The van der Waals surface area contributed by atoms with Gasteiger partial charge in [-0.05, 0) is 32.3 Å². The molecular formula is C18H22. The lowest BCUT2D eigenvalue weighted by atomic mass is 10.1. The molecule has 0 N–H and O–H groups in total. The number of hydrogen-bond acceptors (Lipinski definition) is 0. The molecule has 0 radical (unpaired) electrons. The van der Waals surface area contributed by atoms with Gasteiger partial charge < -0.3 is 0 Å². The maximum Gasteiger partial charge on any atom is -0.0250 e. The summed E-state index contributed by atoms with van der Waals surface area (Å²) < 4.78 is 0. The summed E-state index contributed by atoms with van der Waals surface area (Å²) in [6.07, 6.45) is 18.8. The first-order chi connectivity index (χ1) is 8.58. The predicted molar refractivity (Wildman–Crippen MR) is 82.4 cm³/mol. The minimum absolute atomic E-state index is 0.994. The molecule has 0 fully saturated rings. The highest BCUT2D eigenvalue weighted by molar-refractivity contribution is 5.36. The van der Waals surface area contributed by atoms with Gasteiger partial charge in [0.2, 0.25) is 0 Å². The van der Waals surface area contributed by atoms with Crippen molar-refractivity contribution >= 4 is 0 Å². The third kappa shape index (κ3) is 6.05. The molecule has 0 nitrogen and oxygen atoms in total. The summed E-state index contributed by atoms with van der Waals surface area (Å²) in [5.74, 6) is 0. The van der Waals surface area contributed by atoms with E-state index in [0.717, 1.165) is 18.4 Å². The Labute approximate surface area is 111 Å². The third-order valence-corrected chi connectivity index (χ3v) is 2.64. The van der Waals surface area contributed by atoms with Crippen LogP contribution in [0.4, 0.5) is 0 Å². The molecule has 0 aromatic carbocycles. The molecule has 0 heterocycles. The van der Waals surface area contributed by atoms with Crippen LogP contribution in [0, 0.1) is 0 Å². The molecule has 0 spiro atoms. The second-order valence-corrected chi connectivity index (χ2v) is 4.67. The Bertz CT molecular complexity index is 462. The van der Waals surface area contributed by atoms with Gasteiger partial charge in [0.15, 0.2) is 0 Å². The first kappa shape index (κ1) is 14.2. The van der Waals surface area contributed by atoms with Crippen LogP contribution in [0.2, 0.25) is 0 Å². The zero-order valence-corrected chi connectivity index (χ0v) is 11.4. The Morgan fingerprint density at radius 2 is 1.50 bits per heavy atom. The third-order valence-electron chi connectivity index (χ3n) is 2.64. The van der Waals surface area contributed by atoms with Crippen LogP contribution >= 0.6 is 0 Å². The maximum atomic E-state index is 4.07. The molecule has 1 rings (SSSR count). The van der Waals surface area contributed by atoms with Crippen molar-refractivity contribution in [3.63, 3.8) is 0 Å². The van der Waals surface area contributed by atoms with Crippen LogP contribution in [0.3, 0.4) is 0 Å². The topological polar surface area (TPSA) is 0 Å². The summed E-state index contributed by atoms with van der Waals surface area (Å²) >= 11 is 0. The Balaban J connectivity index is 2.92. The SMILES string of the molecule is C=C1/C=C\CCC(=C)/C=C(C)/C=C\C=C/C(C)=C/1. The molecule has 0 aliphatic heterocycles. The normalized spacial score (nSPS) is 29.4. The molecule has 18 heavy (non-hydrogen) atoms. The van der Waals surface area contributed by atoms with Crippen molar-refractivity contribution in [2.45, 2.75) is 26.7 Å². The second-order valence-electron chi connectivity index (χ2n) is 4.67. The van der Waals surface area contributed by atoms with Crippen molar-refractivity contribution in [1.29, 1.82) is 0 Å². The highest BCUT2D eigenvalue weighted by Crippen LogP contribution is 2.11. The van der Waals surface area contributed by atoms with E-state index in [2.05, 4.69) is 75.6 Å². The van der Waals surface area contributed by atoms with Crippen molar-refractivity contribution in [3.8, 4) is 0 Å². The van der Waals surface area contributed by atoms with Gasteiger partial charge in [-0.25, -0.2) is 0 Å². The fourth-order valence-electron chi connectivity index (χ4n) is 1.75. The van der Waals surface area contributed by atoms with Crippen LogP contribution in [0.15, 0.2) is 84.1 Å². The summed E-state index contributed by atoms with van der Waals surface area (Å²) in [5, 5.41) is 0.